The number of hydrogen-bond donors (Lipinski definition) is 1. The molecule has 0 radical (unpaired) electrons. The number of nitrogens with one attached hydrogen (secondary N) is 1. The van der Waals surface area contributed by atoms with Gasteiger partial charge in [0.15, 0.2) is 22.9 Å². The molecular formula is C22H23FN4O2. The molecule has 2 fully saturated rings. The van der Waals surface area contributed by atoms with Gasteiger partial charge in [-0.15, -0.1) is 0 Å². The Morgan fingerprint density at radius 1 is 1.24 bits per heavy atom. The van der Waals surface area contributed by atoms with Crippen molar-refractivity contribution in [3.05, 3.63) is 47.8 Å². The summed E-state index contributed by atoms with van der Waals surface area (Å²) in [6, 6.07) is 6.77. The highest BCUT2D eigenvalue weighted by Gasteiger charge is 2.42. The molecular weight excluding hydrogens is 371 g/mol. The molecule has 0 aliphatic heterocycles. The first-order valence-electron chi connectivity index (χ1n) is 10.0. The van der Waals surface area contributed by atoms with E-state index in [9.17, 15) is 9.18 Å². The number of hydrogen-bond acceptors (Lipinski definition) is 4. The summed E-state index contributed by atoms with van der Waals surface area (Å²) in [6.45, 7) is 1.93. The average Bonchev–Trinajstić information content (AvgIpc) is 3.64. The fourth-order valence-corrected chi connectivity index (χ4v) is 4.00. The topological polar surface area (TPSA) is 68.5 Å². The number of aryl methyl sites for hydroxylation is 1. The van der Waals surface area contributed by atoms with Gasteiger partial charge in [0.05, 0.1) is 12.8 Å². The van der Waals surface area contributed by atoms with Crippen molar-refractivity contribution in [2.45, 2.75) is 38.6 Å². The van der Waals surface area contributed by atoms with Crippen LogP contribution in [-0.2, 0) is 0 Å². The van der Waals surface area contributed by atoms with Gasteiger partial charge in [0.1, 0.15) is 6.33 Å². The van der Waals surface area contributed by atoms with Gasteiger partial charge < -0.3 is 10.1 Å². The van der Waals surface area contributed by atoms with E-state index in [1.807, 2.05) is 17.4 Å². The van der Waals surface area contributed by atoms with Crippen LogP contribution in [0.25, 0.3) is 16.9 Å². The monoisotopic (exact) mass is 394 g/mol. The van der Waals surface area contributed by atoms with E-state index >= 15 is 0 Å². The molecule has 3 aromatic rings. The second kappa shape index (κ2) is 6.83. The summed E-state index contributed by atoms with van der Waals surface area (Å²) in [6.07, 6.45) is 6.40. The molecule has 1 N–H and O–H groups in total. The third-order valence-corrected chi connectivity index (χ3v) is 5.91. The van der Waals surface area contributed by atoms with Crippen molar-refractivity contribution in [2.24, 2.45) is 11.8 Å². The first kappa shape index (κ1) is 18.1. The third kappa shape index (κ3) is 3.34. The molecule has 2 heterocycles. The highest BCUT2D eigenvalue weighted by atomic mass is 19.1. The number of ether oxygens (including phenoxy) is 1. The number of amides is 1. The maximum atomic E-state index is 13.8. The van der Waals surface area contributed by atoms with Crippen LogP contribution in [-0.4, -0.2) is 33.4 Å². The van der Waals surface area contributed by atoms with Crippen LogP contribution in [0.3, 0.4) is 0 Å². The lowest BCUT2D eigenvalue weighted by Crippen LogP contribution is -2.38. The molecule has 7 heteroatoms. The van der Waals surface area contributed by atoms with Gasteiger partial charge in [0.25, 0.3) is 5.91 Å². The van der Waals surface area contributed by atoms with Crippen molar-refractivity contribution < 1.29 is 13.9 Å². The fourth-order valence-electron chi connectivity index (χ4n) is 4.00. The van der Waals surface area contributed by atoms with E-state index < -0.39 is 5.82 Å². The lowest BCUT2D eigenvalue weighted by atomic mass is 10.1. The number of halogens is 1. The number of carbonyl (C=O) groups is 1. The van der Waals surface area contributed by atoms with Crippen molar-refractivity contribution in [1.82, 2.24) is 19.7 Å². The van der Waals surface area contributed by atoms with Gasteiger partial charge in [0.2, 0.25) is 0 Å². The normalized spacial score (nSPS) is 16.4. The number of benzene rings is 1. The number of carbonyl (C=O) groups excluding carboxylic acids is 1. The largest absolute Gasteiger partial charge is 0.494 e. The molecule has 29 heavy (non-hydrogen) atoms. The summed E-state index contributed by atoms with van der Waals surface area (Å²) in [4.78, 5) is 22.0. The smallest absolute Gasteiger partial charge is 0.274 e. The molecule has 2 aliphatic carbocycles. The molecule has 6 nitrogen and oxygen atoms in total. The lowest BCUT2D eigenvalue weighted by molar-refractivity contribution is 0.0923. The Labute approximate surface area is 168 Å². The van der Waals surface area contributed by atoms with Gasteiger partial charge >= 0.3 is 0 Å². The maximum Gasteiger partial charge on any atom is 0.274 e. The summed E-state index contributed by atoms with van der Waals surface area (Å²) in [5.74, 6) is 0.779. The minimum atomic E-state index is -0.426. The van der Waals surface area contributed by atoms with Crippen LogP contribution < -0.4 is 10.1 Å². The number of rotatable bonds is 6. The Bertz CT molecular complexity index is 1090. The average molecular weight is 394 g/mol. The van der Waals surface area contributed by atoms with E-state index in [1.54, 1.807) is 18.5 Å². The van der Waals surface area contributed by atoms with Crippen LogP contribution in [0.5, 0.6) is 5.75 Å². The van der Waals surface area contributed by atoms with Crippen LogP contribution >= 0.6 is 0 Å². The lowest BCUT2D eigenvalue weighted by Gasteiger charge is -2.17. The second-order valence-electron chi connectivity index (χ2n) is 8.09. The first-order valence-corrected chi connectivity index (χ1v) is 10.0. The molecule has 1 aromatic carbocycles. The molecule has 2 aliphatic rings. The first-order chi connectivity index (χ1) is 14.0. The minimum Gasteiger partial charge on any atom is -0.494 e. The maximum absolute atomic E-state index is 13.8. The fraction of sp³-hybridized carbons (Fsp3) is 0.409. The third-order valence-electron chi connectivity index (χ3n) is 5.91. The van der Waals surface area contributed by atoms with Crippen LogP contribution in [0, 0.1) is 24.6 Å². The van der Waals surface area contributed by atoms with Crippen molar-refractivity contribution in [2.75, 3.05) is 7.11 Å². The van der Waals surface area contributed by atoms with E-state index in [0.717, 1.165) is 11.3 Å². The predicted octanol–water partition coefficient (Wildman–Crippen LogP) is 3.77. The Morgan fingerprint density at radius 3 is 2.62 bits per heavy atom. The second-order valence-corrected chi connectivity index (χ2v) is 8.09. The molecule has 0 bridgehead atoms. The molecule has 2 aromatic heterocycles. The van der Waals surface area contributed by atoms with Gasteiger partial charge in [-0.25, -0.2) is 14.4 Å². The Hall–Kier alpha value is -2.96. The van der Waals surface area contributed by atoms with Crippen molar-refractivity contribution in [3.63, 3.8) is 0 Å². The van der Waals surface area contributed by atoms with Crippen LogP contribution in [0.2, 0.25) is 0 Å². The summed E-state index contributed by atoms with van der Waals surface area (Å²) in [5.41, 5.74) is 3.08. The standard InChI is InChI=1S/C22H23FN4O2/c1-12-9-17(15-7-8-16(23)18(10-15)29-2)25-21-20(24-11-27(12)21)22(28)26-19(13-3-4-13)14-5-6-14/h7-11,13-14,19H,3-6H2,1-2H3,(H,26,28). The molecule has 150 valence electrons. The van der Waals surface area contributed by atoms with E-state index in [1.165, 1.54) is 38.9 Å². The zero-order valence-corrected chi connectivity index (χ0v) is 16.5. The molecule has 5 rings (SSSR count). The number of imidazole rings is 1. The van der Waals surface area contributed by atoms with Crippen molar-refractivity contribution >= 4 is 11.6 Å². The summed E-state index contributed by atoms with van der Waals surface area (Å²) >= 11 is 0. The van der Waals surface area contributed by atoms with Crippen LogP contribution in [0.4, 0.5) is 4.39 Å². The molecule has 2 saturated carbocycles. The van der Waals surface area contributed by atoms with Gasteiger partial charge in [-0.05, 0) is 68.7 Å². The summed E-state index contributed by atoms with van der Waals surface area (Å²) in [5, 5.41) is 3.22. The highest BCUT2D eigenvalue weighted by Crippen LogP contribution is 2.44. The van der Waals surface area contributed by atoms with Gasteiger partial charge in [-0.1, -0.05) is 0 Å². The van der Waals surface area contributed by atoms with Crippen LogP contribution in [0.15, 0.2) is 30.6 Å². The summed E-state index contributed by atoms with van der Waals surface area (Å²) in [7, 11) is 1.43. The van der Waals surface area contributed by atoms with E-state index in [4.69, 9.17) is 4.74 Å². The minimum absolute atomic E-state index is 0.157. The van der Waals surface area contributed by atoms with E-state index in [2.05, 4.69) is 15.3 Å². The van der Waals surface area contributed by atoms with E-state index in [0.29, 0.717) is 28.9 Å². The zero-order chi connectivity index (χ0) is 20.1. The van der Waals surface area contributed by atoms with Gasteiger partial charge in [0, 0.05) is 17.3 Å². The molecule has 0 atom stereocenters. The Balaban J connectivity index is 1.51. The van der Waals surface area contributed by atoms with Gasteiger partial charge in [-0.3, -0.25) is 9.20 Å². The predicted molar refractivity (Wildman–Crippen MR) is 106 cm³/mol. The molecule has 1 amide bonds. The molecule has 0 saturated heterocycles. The quantitative estimate of drug-likeness (QED) is 0.691. The van der Waals surface area contributed by atoms with Gasteiger partial charge in [-0.2, -0.15) is 0 Å². The SMILES string of the molecule is COc1cc(-c2cc(C)n3cnc(C(=O)NC(C4CC4)C4CC4)c3n2)ccc1F. The number of fused-ring (bicyclic) bond motifs is 1. The van der Waals surface area contributed by atoms with E-state index in [-0.39, 0.29) is 17.7 Å². The van der Waals surface area contributed by atoms with Crippen molar-refractivity contribution in [1.29, 1.82) is 0 Å². The highest BCUT2D eigenvalue weighted by molar-refractivity contribution is 5.98. The Morgan fingerprint density at radius 2 is 1.97 bits per heavy atom. The molecule has 0 spiro atoms. The van der Waals surface area contributed by atoms with Crippen LogP contribution in [0.1, 0.15) is 41.9 Å². The molecule has 0 unspecified atom stereocenters. The number of aromatic nitrogens is 3. The zero-order valence-electron chi connectivity index (χ0n) is 16.5. The summed E-state index contributed by atoms with van der Waals surface area (Å²) < 4.78 is 20.7. The number of methoxy groups -OCH3 is 1. The van der Waals surface area contributed by atoms with Crippen molar-refractivity contribution in [3.8, 4) is 17.0 Å². The Kier molecular flexibility index (Phi) is 4.26. The number of nitrogens with zero attached hydrogens (tertiary/aromatic N) is 3.